The fourth-order valence-corrected chi connectivity index (χ4v) is 2.16. The lowest BCUT2D eigenvalue weighted by Gasteiger charge is -2.36. The average molecular weight is 242 g/mol. The predicted octanol–water partition coefficient (Wildman–Crippen LogP) is 0.603. The zero-order valence-corrected chi connectivity index (χ0v) is 10.6. The van der Waals surface area contributed by atoms with Crippen LogP contribution in [0.2, 0.25) is 0 Å². The zero-order valence-electron chi connectivity index (χ0n) is 10.6. The highest BCUT2D eigenvalue weighted by atomic mass is 16.4. The van der Waals surface area contributed by atoms with Gasteiger partial charge in [0.1, 0.15) is 0 Å². The van der Waals surface area contributed by atoms with Gasteiger partial charge in [0, 0.05) is 12.0 Å². The van der Waals surface area contributed by atoms with Crippen LogP contribution >= 0.6 is 0 Å². The van der Waals surface area contributed by atoms with E-state index in [4.69, 9.17) is 5.11 Å². The first-order chi connectivity index (χ1) is 7.94. The number of hydrogen-bond donors (Lipinski definition) is 3. The third-order valence-electron chi connectivity index (χ3n) is 3.53. The van der Waals surface area contributed by atoms with E-state index in [0.29, 0.717) is 5.92 Å². The number of aliphatic carboxylic acids is 1. The first-order valence-corrected chi connectivity index (χ1v) is 6.15. The van der Waals surface area contributed by atoms with Gasteiger partial charge in [-0.3, -0.25) is 9.59 Å². The Labute approximate surface area is 102 Å². The molecule has 1 saturated heterocycles. The van der Waals surface area contributed by atoms with Crippen LogP contribution in [0.25, 0.3) is 0 Å². The highest BCUT2D eigenvalue weighted by Crippen LogP contribution is 2.31. The fourth-order valence-electron chi connectivity index (χ4n) is 2.16. The topological polar surface area (TPSA) is 78.4 Å². The molecule has 0 aromatic carbocycles. The summed E-state index contributed by atoms with van der Waals surface area (Å²) in [6.45, 7) is 5.95. The summed E-state index contributed by atoms with van der Waals surface area (Å²) in [6, 6.07) is 0. The van der Waals surface area contributed by atoms with E-state index in [2.05, 4.69) is 10.6 Å². The minimum Gasteiger partial charge on any atom is -0.481 e. The molecule has 5 heteroatoms. The molecule has 1 aliphatic heterocycles. The normalized spacial score (nSPS) is 20.9. The summed E-state index contributed by atoms with van der Waals surface area (Å²) in [5.41, 5.74) is -0.439. The molecule has 0 aromatic heterocycles. The van der Waals surface area contributed by atoms with Crippen molar-refractivity contribution in [3.63, 3.8) is 0 Å². The van der Waals surface area contributed by atoms with Crippen molar-refractivity contribution in [2.75, 3.05) is 19.6 Å². The summed E-state index contributed by atoms with van der Waals surface area (Å²) in [6.07, 6.45) is 2.12. The number of carboxylic acids is 1. The molecule has 3 N–H and O–H groups in total. The Kier molecular flexibility index (Phi) is 4.93. The van der Waals surface area contributed by atoms with Gasteiger partial charge in [0.05, 0.1) is 6.42 Å². The summed E-state index contributed by atoms with van der Waals surface area (Å²) in [7, 11) is 0. The lowest BCUT2D eigenvalue weighted by atomic mass is 9.74. The van der Waals surface area contributed by atoms with Crippen LogP contribution in [-0.2, 0) is 9.59 Å². The maximum atomic E-state index is 12.0. The Morgan fingerprint density at radius 3 is 2.71 bits per heavy atom. The number of hydrogen-bond acceptors (Lipinski definition) is 3. The predicted molar refractivity (Wildman–Crippen MR) is 64.6 cm³/mol. The second-order valence-electron chi connectivity index (χ2n) is 5.16. The Bertz CT molecular complexity index is 283. The molecule has 5 nitrogen and oxygen atoms in total. The Morgan fingerprint density at radius 1 is 1.47 bits per heavy atom. The minimum atomic E-state index is -0.887. The maximum absolute atomic E-state index is 12.0. The number of carbonyl (C=O) groups excluding carboxylic acids is 1. The lowest BCUT2D eigenvalue weighted by Crippen LogP contribution is -2.47. The maximum Gasteiger partial charge on any atom is 0.305 e. The van der Waals surface area contributed by atoms with Gasteiger partial charge in [0.2, 0.25) is 5.91 Å². The first kappa shape index (κ1) is 14.0. The highest BCUT2D eigenvalue weighted by Gasteiger charge is 2.36. The monoisotopic (exact) mass is 242 g/mol. The summed E-state index contributed by atoms with van der Waals surface area (Å²) >= 11 is 0. The number of carboxylic acid groups (broad SMARTS) is 1. The van der Waals surface area contributed by atoms with E-state index in [1.54, 1.807) is 0 Å². The number of carbonyl (C=O) groups is 2. The molecule has 1 atom stereocenters. The average Bonchev–Trinajstić information content (AvgIpc) is 2.29. The van der Waals surface area contributed by atoms with Gasteiger partial charge in [-0.05, 0) is 31.8 Å². The third kappa shape index (κ3) is 4.00. The molecule has 17 heavy (non-hydrogen) atoms. The van der Waals surface area contributed by atoms with E-state index in [-0.39, 0.29) is 18.9 Å². The van der Waals surface area contributed by atoms with Crippen LogP contribution in [0.4, 0.5) is 0 Å². The SMILES string of the molecule is CC(C)(C(=O)NCCC(=O)O)C1CCCNC1. The summed E-state index contributed by atoms with van der Waals surface area (Å²) < 4.78 is 0. The van der Waals surface area contributed by atoms with Crippen molar-refractivity contribution in [1.29, 1.82) is 0 Å². The number of amides is 1. The molecular weight excluding hydrogens is 220 g/mol. The van der Waals surface area contributed by atoms with Crippen LogP contribution < -0.4 is 10.6 Å². The number of piperidine rings is 1. The molecule has 0 aliphatic carbocycles. The smallest absolute Gasteiger partial charge is 0.305 e. The molecule has 0 aromatic rings. The van der Waals surface area contributed by atoms with E-state index in [1.807, 2.05) is 13.8 Å². The molecule has 0 radical (unpaired) electrons. The van der Waals surface area contributed by atoms with Gasteiger partial charge >= 0.3 is 5.97 Å². The summed E-state index contributed by atoms with van der Waals surface area (Å²) in [5, 5.41) is 14.5. The van der Waals surface area contributed by atoms with Crippen LogP contribution in [0.3, 0.4) is 0 Å². The molecule has 0 bridgehead atoms. The van der Waals surface area contributed by atoms with Crippen LogP contribution in [0.15, 0.2) is 0 Å². The van der Waals surface area contributed by atoms with E-state index in [0.717, 1.165) is 25.9 Å². The van der Waals surface area contributed by atoms with Gasteiger partial charge in [-0.25, -0.2) is 0 Å². The molecule has 1 amide bonds. The van der Waals surface area contributed by atoms with Crippen molar-refractivity contribution in [2.45, 2.75) is 33.1 Å². The van der Waals surface area contributed by atoms with Crippen molar-refractivity contribution < 1.29 is 14.7 Å². The lowest BCUT2D eigenvalue weighted by molar-refractivity contribution is -0.137. The third-order valence-corrected chi connectivity index (χ3v) is 3.53. The van der Waals surface area contributed by atoms with Gasteiger partial charge in [0.25, 0.3) is 0 Å². The van der Waals surface area contributed by atoms with Crippen molar-refractivity contribution in [3.05, 3.63) is 0 Å². The van der Waals surface area contributed by atoms with Crippen molar-refractivity contribution in [2.24, 2.45) is 11.3 Å². The van der Waals surface area contributed by atoms with Crippen LogP contribution in [-0.4, -0.2) is 36.6 Å². The van der Waals surface area contributed by atoms with Crippen LogP contribution in [0.5, 0.6) is 0 Å². The van der Waals surface area contributed by atoms with Crippen molar-refractivity contribution >= 4 is 11.9 Å². The summed E-state index contributed by atoms with van der Waals surface area (Å²) in [4.78, 5) is 22.4. The van der Waals surface area contributed by atoms with Gasteiger partial charge in [-0.2, -0.15) is 0 Å². The molecule has 1 rings (SSSR count). The Morgan fingerprint density at radius 2 is 2.18 bits per heavy atom. The van der Waals surface area contributed by atoms with Gasteiger partial charge in [-0.15, -0.1) is 0 Å². The van der Waals surface area contributed by atoms with Gasteiger partial charge in [0.15, 0.2) is 0 Å². The standard InChI is InChI=1S/C12H22N2O3/c1-12(2,9-4-3-6-13-8-9)11(17)14-7-5-10(15)16/h9,13H,3-8H2,1-2H3,(H,14,17)(H,15,16). The largest absolute Gasteiger partial charge is 0.481 e. The molecular formula is C12H22N2O3. The zero-order chi connectivity index (χ0) is 12.9. The quantitative estimate of drug-likeness (QED) is 0.660. The van der Waals surface area contributed by atoms with Crippen LogP contribution in [0.1, 0.15) is 33.1 Å². The van der Waals surface area contributed by atoms with Gasteiger partial charge < -0.3 is 15.7 Å². The van der Waals surface area contributed by atoms with Crippen LogP contribution in [0, 0.1) is 11.3 Å². The molecule has 0 saturated carbocycles. The number of nitrogens with one attached hydrogen (secondary N) is 2. The Hall–Kier alpha value is -1.10. The van der Waals surface area contributed by atoms with E-state index < -0.39 is 11.4 Å². The second-order valence-corrected chi connectivity index (χ2v) is 5.16. The van der Waals surface area contributed by atoms with E-state index in [1.165, 1.54) is 0 Å². The second kappa shape index (κ2) is 6.00. The molecule has 1 aliphatic rings. The molecule has 1 heterocycles. The number of rotatable bonds is 5. The highest BCUT2D eigenvalue weighted by molar-refractivity contribution is 5.82. The van der Waals surface area contributed by atoms with E-state index >= 15 is 0 Å². The van der Waals surface area contributed by atoms with Crippen molar-refractivity contribution in [1.82, 2.24) is 10.6 Å². The minimum absolute atomic E-state index is 0.0231. The molecule has 0 spiro atoms. The van der Waals surface area contributed by atoms with Crippen molar-refractivity contribution in [3.8, 4) is 0 Å². The molecule has 98 valence electrons. The van der Waals surface area contributed by atoms with E-state index in [9.17, 15) is 9.59 Å². The molecule has 1 fully saturated rings. The fraction of sp³-hybridized carbons (Fsp3) is 0.833. The summed E-state index contributed by atoms with van der Waals surface area (Å²) in [5.74, 6) is -0.615. The van der Waals surface area contributed by atoms with Gasteiger partial charge in [-0.1, -0.05) is 13.8 Å². The Balaban J connectivity index is 2.44. The first-order valence-electron chi connectivity index (χ1n) is 6.15. The molecule has 1 unspecified atom stereocenters.